The number of hydroxylamine groups is 6. The Morgan fingerprint density at radius 2 is 0.584 bits per heavy atom. The predicted molar refractivity (Wildman–Crippen MR) is 302 cm³/mol. The van der Waals surface area contributed by atoms with Crippen LogP contribution in [0.15, 0.2) is 164 Å². The molecule has 0 spiro atoms. The summed E-state index contributed by atoms with van der Waals surface area (Å²) < 4.78 is 18.3. The highest BCUT2D eigenvalue weighted by atomic mass is 16.5. The molecule has 0 aliphatic heterocycles. The zero-order chi connectivity index (χ0) is 52.8. The van der Waals surface area contributed by atoms with Crippen molar-refractivity contribution in [3.05, 3.63) is 180 Å². The van der Waals surface area contributed by atoms with Crippen LogP contribution in [0.3, 0.4) is 0 Å². The molecule has 12 rings (SSSR count). The number of amides is 3. The van der Waals surface area contributed by atoms with Gasteiger partial charge in [-0.2, -0.15) is 0 Å². The maximum absolute atomic E-state index is 13.4. The second-order valence-electron chi connectivity index (χ2n) is 20.8. The molecule has 12 aromatic rings. The lowest BCUT2D eigenvalue weighted by Crippen LogP contribution is -2.36. The Balaban J connectivity index is 0.669. The monoisotopic (exact) mass is 1020 g/mol. The lowest BCUT2D eigenvalue weighted by atomic mass is 9.92. The highest BCUT2D eigenvalue weighted by Crippen LogP contribution is 2.39. The van der Waals surface area contributed by atoms with E-state index in [2.05, 4.69) is 91.0 Å². The van der Waals surface area contributed by atoms with Crippen molar-refractivity contribution in [3.63, 3.8) is 0 Å². The van der Waals surface area contributed by atoms with Crippen molar-refractivity contribution in [3.8, 4) is 0 Å². The van der Waals surface area contributed by atoms with Crippen LogP contribution in [0, 0.1) is 5.41 Å². The van der Waals surface area contributed by atoms with Crippen LogP contribution in [0.5, 0.6) is 0 Å². The number of nitrogens with zero attached hydrogens (tertiary/aromatic N) is 3. The molecule has 12 nitrogen and oxygen atoms in total. The van der Waals surface area contributed by atoms with Crippen LogP contribution in [0.4, 0.5) is 0 Å². The van der Waals surface area contributed by atoms with E-state index in [1.807, 2.05) is 79.7 Å². The zero-order valence-corrected chi connectivity index (χ0v) is 42.7. The molecule has 0 atom stereocenters. The van der Waals surface area contributed by atoms with Gasteiger partial charge in [0.2, 0.25) is 17.7 Å². The van der Waals surface area contributed by atoms with Gasteiger partial charge in [0.05, 0.1) is 78.5 Å². The standard InChI is InChI=1S/C65H57N3O9/c1-65(38-75-32-29-56(69)66(72)35-50-20-17-47-14-11-41-5-2-8-44-23-26-53(50)62(47)59(41)44,39-76-33-30-57(70)67(73)36-51-21-18-48-15-12-42-6-3-9-45-24-27-54(51)63(48)60(42)45)40-77-34-31-58(71)68(74)37-52-22-19-49-16-13-43-7-4-10-46-25-28-55(52)64(49)61(43)46/h2-28,72-74H,29-40H2,1H3. The highest BCUT2D eigenvalue weighted by Gasteiger charge is 2.28. The van der Waals surface area contributed by atoms with Crippen molar-refractivity contribution in [2.75, 3.05) is 39.6 Å². The van der Waals surface area contributed by atoms with E-state index in [1.165, 1.54) is 0 Å². The zero-order valence-electron chi connectivity index (χ0n) is 42.7. The number of benzene rings is 12. The molecule has 0 saturated heterocycles. The summed E-state index contributed by atoms with van der Waals surface area (Å²) in [4.78, 5) is 40.1. The molecule has 0 radical (unpaired) electrons. The first-order valence-corrected chi connectivity index (χ1v) is 26.2. The van der Waals surface area contributed by atoms with Gasteiger partial charge in [0.1, 0.15) is 0 Å². The third-order valence-electron chi connectivity index (χ3n) is 15.4. The molecular formula is C65H57N3O9. The summed E-state index contributed by atoms with van der Waals surface area (Å²) in [7, 11) is 0. The summed E-state index contributed by atoms with van der Waals surface area (Å²) >= 11 is 0. The Kier molecular flexibility index (Phi) is 13.5. The quantitative estimate of drug-likeness (QED) is 0.0277. The van der Waals surface area contributed by atoms with Crippen LogP contribution < -0.4 is 0 Å². The van der Waals surface area contributed by atoms with Crippen molar-refractivity contribution < 1.29 is 44.2 Å². The van der Waals surface area contributed by atoms with Crippen molar-refractivity contribution >= 4 is 115 Å². The second kappa shape index (κ2) is 20.8. The smallest absolute Gasteiger partial charge is 0.248 e. The van der Waals surface area contributed by atoms with E-state index >= 15 is 0 Å². The van der Waals surface area contributed by atoms with Crippen LogP contribution in [0.1, 0.15) is 42.9 Å². The van der Waals surface area contributed by atoms with Crippen LogP contribution in [0.25, 0.3) is 97.0 Å². The molecule has 12 heteroatoms. The summed E-state index contributed by atoms with van der Waals surface area (Å²) in [6.07, 6.45) is -0.292. The van der Waals surface area contributed by atoms with E-state index in [1.54, 1.807) is 0 Å². The van der Waals surface area contributed by atoms with Crippen molar-refractivity contribution in [2.45, 2.75) is 45.8 Å². The van der Waals surface area contributed by atoms with Gasteiger partial charge in [0.15, 0.2) is 0 Å². The van der Waals surface area contributed by atoms with Crippen LogP contribution in [-0.4, -0.2) is 88.2 Å². The van der Waals surface area contributed by atoms with Gasteiger partial charge in [-0.3, -0.25) is 30.0 Å². The molecule has 0 bridgehead atoms. The maximum atomic E-state index is 13.4. The topological polar surface area (TPSA) is 149 Å². The van der Waals surface area contributed by atoms with E-state index in [9.17, 15) is 30.0 Å². The SMILES string of the molecule is CC(COCCC(=O)N(O)Cc1ccc2ccc3cccc4ccc1c2c34)(COCCC(=O)N(O)Cc1ccc2ccc3cccc4ccc1c2c34)COCCC(=O)N(O)Cc1ccc2ccc3cccc4ccc1c2c34. The van der Waals surface area contributed by atoms with E-state index < -0.39 is 23.1 Å². The first-order chi connectivity index (χ1) is 37.5. The van der Waals surface area contributed by atoms with Crippen LogP contribution in [-0.2, 0) is 48.2 Å². The average Bonchev–Trinajstić information content (AvgIpc) is 3.58. The molecule has 12 aromatic carbocycles. The minimum Gasteiger partial charge on any atom is -0.380 e. The van der Waals surface area contributed by atoms with Gasteiger partial charge in [0, 0.05) is 5.41 Å². The Hall–Kier alpha value is -8.07. The molecule has 3 amide bonds. The largest absolute Gasteiger partial charge is 0.380 e. The average molecular weight is 1020 g/mol. The molecular weight excluding hydrogens is 967 g/mol. The summed E-state index contributed by atoms with van der Waals surface area (Å²) in [6, 6.07) is 55.5. The van der Waals surface area contributed by atoms with Gasteiger partial charge in [-0.05, 0) is 114 Å². The Morgan fingerprint density at radius 3 is 0.857 bits per heavy atom. The normalized spacial score (nSPS) is 12.3. The first kappa shape index (κ1) is 49.8. The fraction of sp³-hybridized carbons (Fsp3) is 0.215. The Labute approximate surface area is 443 Å². The minimum atomic E-state index is -0.822. The molecule has 77 heavy (non-hydrogen) atoms. The molecule has 0 heterocycles. The maximum Gasteiger partial charge on any atom is 0.248 e. The molecule has 0 fully saturated rings. The van der Waals surface area contributed by atoms with E-state index in [-0.39, 0.29) is 78.5 Å². The number of carbonyl (C=O) groups is 3. The molecule has 0 aromatic heterocycles. The Bertz CT molecular complexity index is 3690. The Morgan fingerprint density at radius 1 is 0.351 bits per heavy atom. The lowest BCUT2D eigenvalue weighted by Gasteiger charge is -2.29. The number of rotatable bonds is 21. The third-order valence-corrected chi connectivity index (χ3v) is 15.4. The number of ether oxygens (including phenoxy) is 3. The summed E-state index contributed by atoms with van der Waals surface area (Å²) in [6.45, 7) is 2.07. The molecule has 0 saturated carbocycles. The number of hydrogen-bond acceptors (Lipinski definition) is 9. The van der Waals surface area contributed by atoms with Gasteiger partial charge in [0.25, 0.3) is 0 Å². The molecule has 0 aliphatic carbocycles. The van der Waals surface area contributed by atoms with Gasteiger partial charge in [-0.1, -0.05) is 171 Å². The minimum absolute atomic E-state index is 0.00262. The van der Waals surface area contributed by atoms with E-state index in [0.29, 0.717) is 0 Å². The van der Waals surface area contributed by atoms with Crippen LogP contribution >= 0.6 is 0 Å². The summed E-state index contributed by atoms with van der Waals surface area (Å²) in [5.74, 6) is -1.52. The van der Waals surface area contributed by atoms with Gasteiger partial charge in [-0.15, -0.1) is 0 Å². The van der Waals surface area contributed by atoms with Crippen LogP contribution in [0.2, 0.25) is 0 Å². The van der Waals surface area contributed by atoms with Crippen molar-refractivity contribution in [1.29, 1.82) is 0 Å². The number of hydrogen-bond donors (Lipinski definition) is 3. The first-order valence-electron chi connectivity index (χ1n) is 26.2. The van der Waals surface area contributed by atoms with E-state index in [0.717, 1.165) is 129 Å². The predicted octanol–water partition coefficient (Wildman–Crippen LogP) is 13.2. The van der Waals surface area contributed by atoms with Crippen molar-refractivity contribution in [2.24, 2.45) is 5.41 Å². The van der Waals surface area contributed by atoms with Crippen molar-refractivity contribution in [1.82, 2.24) is 15.2 Å². The van der Waals surface area contributed by atoms with Gasteiger partial charge >= 0.3 is 0 Å². The summed E-state index contributed by atoms with van der Waals surface area (Å²) in [5.41, 5.74) is 1.64. The molecule has 386 valence electrons. The third kappa shape index (κ3) is 9.65. The highest BCUT2D eigenvalue weighted by molar-refractivity contribution is 6.25. The summed E-state index contributed by atoms with van der Waals surface area (Å²) in [5, 5.41) is 55.1. The molecule has 3 N–H and O–H groups in total. The molecule has 0 aliphatic rings. The van der Waals surface area contributed by atoms with Gasteiger partial charge < -0.3 is 14.2 Å². The fourth-order valence-corrected chi connectivity index (χ4v) is 11.5. The van der Waals surface area contributed by atoms with E-state index in [4.69, 9.17) is 14.2 Å². The fourth-order valence-electron chi connectivity index (χ4n) is 11.5. The second-order valence-corrected chi connectivity index (χ2v) is 20.8. The molecule has 0 unspecified atom stereocenters. The van der Waals surface area contributed by atoms with Gasteiger partial charge in [-0.25, -0.2) is 15.2 Å². The number of carbonyl (C=O) groups excluding carboxylic acids is 3. The lowest BCUT2D eigenvalue weighted by molar-refractivity contribution is -0.170.